The molecule has 0 atom stereocenters. The van der Waals surface area contributed by atoms with Crippen LogP contribution in [0.2, 0.25) is 5.02 Å². The highest BCUT2D eigenvalue weighted by molar-refractivity contribution is 6.31. The predicted octanol–water partition coefficient (Wildman–Crippen LogP) is 2.07. The van der Waals surface area contributed by atoms with E-state index >= 15 is 0 Å². The number of nitriles is 1. The van der Waals surface area contributed by atoms with Gasteiger partial charge in [-0.2, -0.15) is 5.26 Å². The molecular weight excluding hydrogens is 290 g/mol. The Morgan fingerprint density at radius 1 is 1.29 bits per heavy atom. The lowest BCUT2D eigenvalue weighted by atomic mass is 10.1. The molecule has 1 aromatic carbocycles. The maximum absolute atomic E-state index is 12.0. The Labute approximate surface area is 126 Å². The zero-order chi connectivity index (χ0) is 15.0. The van der Waals surface area contributed by atoms with Gasteiger partial charge in [0.25, 0.3) is 0 Å². The average Bonchev–Trinajstić information content (AvgIpc) is 2.47. The van der Waals surface area contributed by atoms with Crippen molar-refractivity contribution in [2.45, 2.75) is 0 Å². The van der Waals surface area contributed by atoms with Crippen molar-refractivity contribution in [1.82, 2.24) is 4.90 Å². The van der Waals surface area contributed by atoms with Gasteiger partial charge in [0.05, 0.1) is 5.69 Å². The van der Waals surface area contributed by atoms with E-state index in [2.05, 4.69) is 16.8 Å². The largest absolute Gasteiger partial charge is 0.422 e. The van der Waals surface area contributed by atoms with Gasteiger partial charge in [0.2, 0.25) is 0 Å². The zero-order valence-electron chi connectivity index (χ0n) is 11.6. The van der Waals surface area contributed by atoms with Crippen LogP contribution >= 0.6 is 11.6 Å². The molecule has 1 fully saturated rings. The number of hydrogen-bond acceptors (Lipinski definition) is 5. The minimum atomic E-state index is -0.596. The first-order valence-electron chi connectivity index (χ1n) is 6.70. The van der Waals surface area contributed by atoms with Gasteiger partial charge in [-0.3, -0.25) is 0 Å². The van der Waals surface area contributed by atoms with Crippen molar-refractivity contribution in [3.05, 3.63) is 39.2 Å². The summed E-state index contributed by atoms with van der Waals surface area (Å²) in [5.41, 5.74) is 0.548. The Morgan fingerprint density at radius 2 is 2.00 bits per heavy atom. The van der Waals surface area contributed by atoms with E-state index in [1.54, 1.807) is 18.2 Å². The van der Waals surface area contributed by atoms with Crippen molar-refractivity contribution >= 4 is 28.3 Å². The normalized spacial score (nSPS) is 16.1. The molecule has 0 spiro atoms. The molecule has 108 valence electrons. The second-order valence-electron chi connectivity index (χ2n) is 5.16. The summed E-state index contributed by atoms with van der Waals surface area (Å²) in [4.78, 5) is 16.3. The van der Waals surface area contributed by atoms with Crippen LogP contribution in [0.5, 0.6) is 0 Å². The number of anilines is 1. The first-order chi connectivity index (χ1) is 10.1. The summed E-state index contributed by atoms with van der Waals surface area (Å²) in [7, 11) is 2.05. The van der Waals surface area contributed by atoms with Crippen molar-refractivity contribution in [2.24, 2.45) is 0 Å². The fraction of sp³-hybridized carbons (Fsp3) is 0.333. The number of rotatable bonds is 1. The van der Waals surface area contributed by atoms with E-state index in [4.69, 9.17) is 16.0 Å². The number of hydrogen-bond donors (Lipinski definition) is 0. The third kappa shape index (κ3) is 2.48. The summed E-state index contributed by atoms with van der Waals surface area (Å²) in [5, 5.41) is 10.6. The topological polar surface area (TPSA) is 60.5 Å². The van der Waals surface area contributed by atoms with Gasteiger partial charge < -0.3 is 14.2 Å². The number of piperazine rings is 1. The fourth-order valence-corrected chi connectivity index (χ4v) is 2.79. The molecule has 2 heterocycles. The Bertz CT molecular complexity index is 786. The highest BCUT2D eigenvalue weighted by Crippen LogP contribution is 2.31. The average molecular weight is 304 g/mol. The SMILES string of the molecule is CN1CCN(c2c(C#N)c(=O)oc3ccc(Cl)cc23)CC1. The number of fused-ring (bicyclic) bond motifs is 1. The van der Waals surface area contributed by atoms with Gasteiger partial charge >= 0.3 is 5.63 Å². The van der Waals surface area contributed by atoms with Crippen molar-refractivity contribution < 1.29 is 4.42 Å². The first kappa shape index (κ1) is 13.9. The Balaban J connectivity index is 2.25. The molecule has 0 aliphatic carbocycles. The summed E-state index contributed by atoms with van der Waals surface area (Å²) in [6.07, 6.45) is 0. The third-order valence-electron chi connectivity index (χ3n) is 3.77. The number of nitrogens with zero attached hydrogens (tertiary/aromatic N) is 3. The molecule has 0 amide bonds. The molecule has 1 aromatic heterocycles. The molecule has 0 N–H and O–H groups in total. The van der Waals surface area contributed by atoms with Crippen LogP contribution in [0.25, 0.3) is 11.0 Å². The molecule has 1 aliphatic heterocycles. The van der Waals surface area contributed by atoms with Crippen LogP contribution in [-0.2, 0) is 0 Å². The van der Waals surface area contributed by atoms with Gasteiger partial charge in [0.15, 0.2) is 5.56 Å². The molecule has 1 aliphatic rings. The van der Waals surface area contributed by atoms with Crippen LogP contribution in [0, 0.1) is 11.3 Å². The summed E-state index contributed by atoms with van der Waals surface area (Å²) in [5.74, 6) is 0. The summed E-state index contributed by atoms with van der Waals surface area (Å²) >= 11 is 6.06. The minimum absolute atomic E-state index is 0.0503. The lowest BCUT2D eigenvalue weighted by Crippen LogP contribution is -2.45. The molecule has 21 heavy (non-hydrogen) atoms. The Kier molecular flexibility index (Phi) is 3.58. The Hall–Kier alpha value is -2.03. The third-order valence-corrected chi connectivity index (χ3v) is 4.01. The van der Waals surface area contributed by atoms with E-state index in [0.29, 0.717) is 21.7 Å². The summed E-state index contributed by atoms with van der Waals surface area (Å²) < 4.78 is 5.22. The molecule has 0 saturated carbocycles. The van der Waals surface area contributed by atoms with E-state index in [9.17, 15) is 10.1 Å². The number of halogens is 1. The summed E-state index contributed by atoms with van der Waals surface area (Å²) in [6, 6.07) is 7.06. The smallest absolute Gasteiger partial charge is 0.356 e. The van der Waals surface area contributed by atoms with Crippen LogP contribution < -0.4 is 10.5 Å². The summed E-state index contributed by atoms with van der Waals surface area (Å²) in [6.45, 7) is 3.28. The van der Waals surface area contributed by atoms with Crippen molar-refractivity contribution in [3.63, 3.8) is 0 Å². The van der Waals surface area contributed by atoms with Crippen LogP contribution in [0.3, 0.4) is 0 Å². The van der Waals surface area contributed by atoms with Crippen LogP contribution in [0.4, 0.5) is 5.69 Å². The van der Waals surface area contributed by atoms with Gasteiger partial charge in [-0.15, -0.1) is 0 Å². The maximum atomic E-state index is 12.0. The molecule has 1 saturated heterocycles. The monoisotopic (exact) mass is 303 g/mol. The van der Waals surface area contributed by atoms with Crippen molar-refractivity contribution in [2.75, 3.05) is 38.1 Å². The minimum Gasteiger partial charge on any atom is -0.422 e. The van der Waals surface area contributed by atoms with E-state index in [-0.39, 0.29) is 5.56 Å². The van der Waals surface area contributed by atoms with E-state index in [1.807, 2.05) is 6.07 Å². The van der Waals surface area contributed by atoms with Crippen LogP contribution in [0.15, 0.2) is 27.4 Å². The molecule has 6 heteroatoms. The lowest BCUT2D eigenvalue weighted by Gasteiger charge is -2.34. The molecule has 0 bridgehead atoms. The van der Waals surface area contributed by atoms with E-state index < -0.39 is 5.63 Å². The van der Waals surface area contributed by atoms with Crippen LogP contribution in [0.1, 0.15) is 5.56 Å². The van der Waals surface area contributed by atoms with E-state index in [0.717, 1.165) is 26.2 Å². The molecular formula is C15H14ClN3O2. The fourth-order valence-electron chi connectivity index (χ4n) is 2.62. The van der Waals surface area contributed by atoms with Gasteiger partial charge in [0, 0.05) is 36.6 Å². The van der Waals surface area contributed by atoms with E-state index in [1.165, 1.54) is 0 Å². The maximum Gasteiger partial charge on any atom is 0.356 e. The van der Waals surface area contributed by atoms with Gasteiger partial charge in [-0.1, -0.05) is 11.6 Å². The second kappa shape index (κ2) is 5.40. The van der Waals surface area contributed by atoms with Gasteiger partial charge in [-0.05, 0) is 25.2 Å². The quantitative estimate of drug-likeness (QED) is 0.755. The molecule has 0 radical (unpaired) electrons. The van der Waals surface area contributed by atoms with Gasteiger partial charge in [0.1, 0.15) is 11.7 Å². The molecule has 5 nitrogen and oxygen atoms in total. The first-order valence-corrected chi connectivity index (χ1v) is 7.08. The molecule has 3 rings (SSSR count). The van der Waals surface area contributed by atoms with Crippen molar-refractivity contribution in [3.8, 4) is 6.07 Å². The van der Waals surface area contributed by atoms with Crippen LogP contribution in [-0.4, -0.2) is 38.1 Å². The highest BCUT2D eigenvalue weighted by Gasteiger charge is 2.23. The molecule has 2 aromatic rings. The number of likely N-dealkylation sites (N-methyl/N-ethyl adjacent to an activating group) is 1. The highest BCUT2D eigenvalue weighted by atomic mass is 35.5. The Morgan fingerprint density at radius 3 is 2.67 bits per heavy atom. The predicted molar refractivity (Wildman–Crippen MR) is 81.9 cm³/mol. The second-order valence-corrected chi connectivity index (χ2v) is 5.59. The number of benzene rings is 1. The standard InChI is InChI=1S/C15H14ClN3O2/c1-18-4-6-19(7-5-18)14-11-8-10(16)2-3-13(11)21-15(20)12(14)9-17/h2-3,8H,4-7H2,1H3. The molecule has 0 unspecified atom stereocenters. The lowest BCUT2D eigenvalue weighted by molar-refractivity contribution is 0.313. The zero-order valence-corrected chi connectivity index (χ0v) is 12.4. The van der Waals surface area contributed by atoms with Crippen molar-refractivity contribution in [1.29, 1.82) is 5.26 Å². The van der Waals surface area contributed by atoms with Gasteiger partial charge in [-0.25, -0.2) is 4.79 Å².